The highest BCUT2D eigenvalue weighted by Crippen LogP contribution is 2.39. The van der Waals surface area contributed by atoms with E-state index in [1.54, 1.807) is 0 Å². The van der Waals surface area contributed by atoms with E-state index in [1.807, 2.05) is 42.5 Å². The highest BCUT2D eigenvalue weighted by molar-refractivity contribution is 5.95. The normalized spacial score (nSPS) is 22.6. The van der Waals surface area contributed by atoms with Crippen LogP contribution in [0.4, 0.5) is 0 Å². The predicted octanol–water partition coefficient (Wildman–Crippen LogP) is 2.75. The third-order valence-corrected chi connectivity index (χ3v) is 4.33. The minimum Gasteiger partial charge on any atom is -0.468 e. The van der Waals surface area contributed by atoms with Crippen LogP contribution in [0.15, 0.2) is 42.5 Å². The van der Waals surface area contributed by atoms with Gasteiger partial charge in [-0.2, -0.15) is 0 Å². The van der Waals surface area contributed by atoms with Gasteiger partial charge in [-0.15, -0.1) is 0 Å². The fourth-order valence-electron chi connectivity index (χ4n) is 3.04. The maximum atomic E-state index is 11.9. The van der Waals surface area contributed by atoms with E-state index in [0.29, 0.717) is 19.6 Å². The standard InChI is InChI=1S/C19H24O5/c1-19(13-24-12-14-7-5-4-6-8-14)10-9-15(11-19)16(17(20)22-2)18(21)23-3/h4-10,15-16H,11-13H2,1-3H3/t15-,19+/m0/s1. The van der Waals surface area contributed by atoms with Gasteiger partial charge in [0.1, 0.15) is 0 Å². The smallest absolute Gasteiger partial charge is 0.320 e. The Bertz CT molecular complexity index is 579. The number of rotatable bonds is 7. The summed E-state index contributed by atoms with van der Waals surface area (Å²) in [5.41, 5.74) is 0.890. The van der Waals surface area contributed by atoms with Crippen LogP contribution in [-0.2, 0) is 30.4 Å². The van der Waals surface area contributed by atoms with Crippen LogP contribution in [-0.4, -0.2) is 32.8 Å². The maximum Gasteiger partial charge on any atom is 0.320 e. The van der Waals surface area contributed by atoms with Crippen LogP contribution in [0.2, 0.25) is 0 Å². The van der Waals surface area contributed by atoms with Gasteiger partial charge in [-0.25, -0.2) is 0 Å². The Balaban J connectivity index is 1.93. The molecular formula is C19H24O5. The molecule has 0 saturated heterocycles. The molecular weight excluding hydrogens is 308 g/mol. The van der Waals surface area contributed by atoms with Crippen LogP contribution in [0.5, 0.6) is 0 Å². The zero-order valence-corrected chi connectivity index (χ0v) is 14.4. The molecule has 0 amide bonds. The van der Waals surface area contributed by atoms with Gasteiger partial charge in [0.15, 0.2) is 5.92 Å². The van der Waals surface area contributed by atoms with E-state index in [1.165, 1.54) is 14.2 Å². The number of carbonyl (C=O) groups is 2. The van der Waals surface area contributed by atoms with Crippen molar-refractivity contribution in [3.05, 3.63) is 48.0 Å². The van der Waals surface area contributed by atoms with Crippen molar-refractivity contribution in [3.8, 4) is 0 Å². The molecule has 0 unspecified atom stereocenters. The van der Waals surface area contributed by atoms with Crippen LogP contribution in [0.3, 0.4) is 0 Å². The van der Waals surface area contributed by atoms with E-state index in [4.69, 9.17) is 14.2 Å². The fourth-order valence-corrected chi connectivity index (χ4v) is 3.04. The van der Waals surface area contributed by atoms with Crippen molar-refractivity contribution >= 4 is 11.9 Å². The van der Waals surface area contributed by atoms with Crippen molar-refractivity contribution in [1.29, 1.82) is 0 Å². The molecule has 5 nitrogen and oxygen atoms in total. The first kappa shape index (κ1) is 18.2. The number of allylic oxidation sites excluding steroid dienone is 1. The monoisotopic (exact) mass is 332 g/mol. The summed E-state index contributed by atoms with van der Waals surface area (Å²) in [6, 6.07) is 9.95. The Morgan fingerprint density at radius 1 is 1.17 bits per heavy atom. The number of hydrogen-bond acceptors (Lipinski definition) is 5. The lowest BCUT2D eigenvalue weighted by molar-refractivity contribution is -0.161. The lowest BCUT2D eigenvalue weighted by Crippen LogP contribution is -2.33. The van der Waals surface area contributed by atoms with Crippen molar-refractivity contribution in [3.63, 3.8) is 0 Å². The van der Waals surface area contributed by atoms with Gasteiger partial charge in [0.2, 0.25) is 0 Å². The molecule has 0 N–H and O–H groups in total. The molecule has 0 heterocycles. The van der Waals surface area contributed by atoms with E-state index in [0.717, 1.165) is 5.56 Å². The summed E-state index contributed by atoms with van der Waals surface area (Å²) in [4.78, 5) is 23.8. The topological polar surface area (TPSA) is 61.8 Å². The van der Waals surface area contributed by atoms with Crippen molar-refractivity contribution in [2.24, 2.45) is 17.3 Å². The number of hydrogen-bond donors (Lipinski definition) is 0. The molecule has 0 aromatic heterocycles. The number of esters is 2. The van der Waals surface area contributed by atoms with Gasteiger partial charge >= 0.3 is 11.9 Å². The second kappa shape index (κ2) is 8.11. The summed E-state index contributed by atoms with van der Waals surface area (Å²) in [7, 11) is 2.55. The van der Waals surface area contributed by atoms with Crippen LogP contribution < -0.4 is 0 Å². The molecule has 0 bridgehead atoms. The molecule has 1 aromatic rings. The predicted molar refractivity (Wildman–Crippen MR) is 89.0 cm³/mol. The first-order valence-corrected chi connectivity index (χ1v) is 7.96. The third-order valence-electron chi connectivity index (χ3n) is 4.33. The summed E-state index contributed by atoms with van der Waals surface area (Å²) < 4.78 is 15.3. The lowest BCUT2D eigenvalue weighted by Gasteiger charge is -2.25. The van der Waals surface area contributed by atoms with Gasteiger partial charge in [-0.05, 0) is 12.0 Å². The second-order valence-electron chi connectivity index (χ2n) is 6.38. The van der Waals surface area contributed by atoms with E-state index < -0.39 is 17.9 Å². The quantitative estimate of drug-likeness (QED) is 0.436. The van der Waals surface area contributed by atoms with Crippen LogP contribution in [0.25, 0.3) is 0 Å². The van der Waals surface area contributed by atoms with Crippen molar-refractivity contribution in [2.75, 3.05) is 20.8 Å². The van der Waals surface area contributed by atoms with Crippen LogP contribution in [0, 0.1) is 17.3 Å². The van der Waals surface area contributed by atoms with E-state index in [9.17, 15) is 9.59 Å². The maximum absolute atomic E-state index is 11.9. The summed E-state index contributed by atoms with van der Waals surface area (Å²) in [6.07, 6.45) is 4.54. The Labute approximate surface area is 142 Å². The van der Waals surface area contributed by atoms with Crippen molar-refractivity contribution < 1.29 is 23.8 Å². The summed E-state index contributed by atoms with van der Waals surface area (Å²) in [5.74, 6) is -2.29. The Kier molecular flexibility index (Phi) is 6.15. The van der Waals surface area contributed by atoms with Gasteiger partial charge in [0.05, 0.1) is 27.4 Å². The molecule has 130 valence electrons. The van der Waals surface area contributed by atoms with Gasteiger partial charge in [0, 0.05) is 11.3 Å². The molecule has 2 atom stereocenters. The molecule has 0 saturated carbocycles. The van der Waals surface area contributed by atoms with Crippen molar-refractivity contribution in [2.45, 2.75) is 20.0 Å². The first-order chi connectivity index (χ1) is 11.5. The van der Waals surface area contributed by atoms with Crippen molar-refractivity contribution in [1.82, 2.24) is 0 Å². The lowest BCUT2D eigenvalue weighted by atomic mass is 9.83. The minimum atomic E-state index is -0.924. The van der Waals surface area contributed by atoms with Gasteiger partial charge in [-0.3, -0.25) is 9.59 Å². The second-order valence-corrected chi connectivity index (χ2v) is 6.38. The van der Waals surface area contributed by atoms with E-state index in [-0.39, 0.29) is 11.3 Å². The first-order valence-electron chi connectivity index (χ1n) is 7.96. The Morgan fingerprint density at radius 3 is 2.38 bits per heavy atom. The summed E-state index contributed by atoms with van der Waals surface area (Å²) >= 11 is 0. The van der Waals surface area contributed by atoms with E-state index in [2.05, 4.69) is 6.92 Å². The van der Waals surface area contributed by atoms with Crippen LogP contribution in [0.1, 0.15) is 18.9 Å². The van der Waals surface area contributed by atoms with Gasteiger partial charge in [0.25, 0.3) is 0 Å². The largest absolute Gasteiger partial charge is 0.468 e. The molecule has 0 radical (unpaired) electrons. The van der Waals surface area contributed by atoms with E-state index >= 15 is 0 Å². The molecule has 0 aliphatic heterocycles. The molecule has 1 aromatic carbocycles. The number of carbonyl (C=O) groups excluding carboxylic acids is 2. The molecule has 1 aliphatic rings. The van der Waals surface area contributed by atoms with Gasteiger partial charge < -0.3 is 14.2 Å². The molecule has 0 spiro atoms. The Morgan fingerprint density at radius 2 is 1.79 bits per heavy atom. The zero-order chi connectivity index (χ0) is 17.6. The molecule has 24 heavy (non-hydrogen) atoms. The number of methoxy groups -OCH3 is 2. The molecule has 2 rings (SSSR count). The fraction of sp³-hybridized carbons (Fsp3) is 0.474. The highest BCUT2D eigenvalue weighted by atomic mass is 16.5. The average Bonchev–Trinajstić information content (AvgIpc) is 2.97. The Hall–Kier alpha value is -2.14. The number of ether oxygens (including phenoxy) is 3. The SMILES string of the molecule is COC(=O)C(C(=O)OC)[C@H]1C=C[C@@](C)(COCc2ccccc2)C1. The highest BCUT2D eigenvalue weighted by Gasteiger charge is 2.42. The summed E-state index contributed by atoms with van der Waals surface area (Å²) in [6.45, 7) is 3.11. The zero-order valence-electron chi connectivity index (χ0n) is 14.4. The van der Waals surface area contributed by atoms with Gasteiger partial charge in [-0.1, -0.05) is 49.4 Å². The number of benzene rings is 1. The molecule has 1 aliphatic carbocycles. The minimum absolute atomic E-state index is 0.222. The molecule has 5 heteroatoms. The molecule has 0 fully saturated rings. The third kappa shape index (κ3) is 4.45. The van der Waals surface area contributed by atoms with Crippen LogP contribution >= 0.6 is 0 Å². The summed E-state index contributed by atoms with van der Waals surface area (Å²) in [5, 5.41) is 0. The average molecular weight is 332 g/mol.